The molecular formula is C15H20N4O. The van der Waals surface area contributed by atoms with E-state index in [1.54, 1.807) is 0 Å². The number of rotatable bonds is 2. The number of fused-ring (bicyclic) bond motifs is 2. The van der Waals surface area contributed by atoms with Crippen LogP contribution in [0.1, 0.15) is 25.7 Å². The molecule has 20 heavy (non-hydrogen) atoms. The SMILES string of the molecule is Nc1cccc2oc(NC3CCN4CCCCC34)nc12. The molecule has 2 atom stereocenters. The first-order valence-corrected chi connectivity index (χ1v) is 7.47. The highest BCUT2D eigenvalue weighted by molar-refractivity contribution is 5.86. The van der Waals surface area contributed by atoms with E-state index >= 15 is 0 Å². The second-order valence-corrected chi connectivity index (χ2v) is 5.85. The lowest BCUT2D eigenvalue weighted by molar-refractivity contribution is 0.192. The second kappa shape index (κ2) is 4.66. The standard InChI is InChI=1S/C15H20N4O/c16-10-4-3-6-13-14(10)18-15(20-13)17-11-7-9-19-8-2-1-5-12(11)19/h3-4,6,11-12H,1-2,5,7-9,16H2,(H,17,18). The van der Waals surface area contributed by atoms with Crippen molar-refractivity contribution in [3.8, 4) is 0 Å². The normalized spacial score (nSPS) is 26.8. The topological polar surface area (TPSA) is 67.3 Å². The zero-order valence-electron chi connectivity index (χ0n) is 11.5. The van der Waals surface area contributed by atoms with Gasteiger partial charge in [0.2, 0.25) is 0 Å². The molecular weight excluding hydrogens is 252 g/mol. The predicted molar refractivity (Wildman–Crippen MR) is 79.7 cm³/mol. The molecule has 4 rings (SSSR count). The largest absolute Gasteiger partial charge is 0.423 e. The number of piperidine rings is 1. The molecule has 1 aromatic heterocycles. The van der Waals surface area contributed by atoms with Crippen molar-refractivity contribution in [3.63, 3.8) is 0 Å². The highest BCUT2D eigenvalue weighted by Crippen LogP contribution is 2.30. The molecule has 0 saturated carbocycles. The summed E-state index contributed by atoms with van der Waals surface area (Å²) in [6.45, 7) is 2.42. The Hall–Kier alpha value is -1.75. The van der Waals surface area contributed by atoms with E-state index in [0.29, 0.717) is 23.8 Å². The van der Waals surface area contributed by atoms with Gasteiger partial charge in [0.1, 0.15) is 5.52 Å². The molecule has 3 heterocycles. The molecule has 2 saturated heterocycles. The Morgan fingerprint density at radius 2 is 2.20 bits per heavy atom. The molecule has 2 aliphatic rings. The van der Waals surface area contributed by atoms with Crippen LogP contribution in [0, 0.1) is 0 Å². The van der Waals surface area contributed by atoms with Crippen LogP contribution in [0.2, 0.25) is 0 Å². The Morgan fingerprint density at radius 1 is 1.25 bits per heavy atom. The molecule has 0 bridgehead atoms. The summed E-state index contributed by atoms with van der Waals surface area (Å²) in [7, 11) is 0. The Balaban J connectivity index is 1.57. The number of benzene rings is 1. The lowest BCUT2D eigenvalue weighted by Crippen LogP contribution is -2.41. The fourth-order valence-electron chi connectivity index (χ4n) is 3.61. The molecule has 1 aromatic carbocycles. The van der Waals surface area contributed by atoms with E-state index < -0.39 is 0 Å². The summed E-state index contributed by atoms with van der Waals surface area (Å²) in [6.07, 6.45) is 5.11. The van der Waals surface area contributed by atoms with E-state index in [0.717, 1.165) is 11.1 Å². The van der Waals surface area contributed by atoms with Crippen molar-refractivity contribution >= 4 is 22.8 Å². The van der Waals surface area contributed by atoms with Gasteiger partial charge in [0.25, 0.3) is 6.01 Å². The number of nitrogen functional groups attached to an aromatic ring is 1. The summed E-state index contributed by atoms with van der Waals surface area (Å²) in [4.78, 5) is 7.09. The van der Waals surface area contributed by atoms with Crippen LogP contribution in [0.25, 0.3) is 11.1 Å². The number of oxazole rings is 1. The maximum Gasteiger partial charge on any atom is 0.296 e. The van der Waals surface area contributed by atoms with Gasteiger partial charge in [-0.15, -0.1) is 0 Å². The molecule has 0 aliphatic carbocycles. The summed E-state index contributed by atoms with van der Waals surface area (Å²) in [5.41, 5.74) is 8.11. The van der Waals surface area contributed by atoms with Crippen molar-refractivity contribution < 1.29 is 4.42 Å². The molecule has 2 fully saturated rings. The van der Waals surface area contributed by atoms with Crippen molar-refractivity contribution in [1.29, 1.82) is 0 Å². The van der Waals surface area contributed by atoms with Crippen molar-refractivity contribution in [3.05, 3.63) is 18.2 Å². The zero-order valence-corrected chi connectivity index (χ0v) is 11.5. The molecule has 0 amide bonds. The first-order chi connectivity index (χ1) is 9.81. The smallest absolute Gasteiger partial charge is 0.296 e. The minimum Gasteiger partial charge on any atom is -0.423 e. The number of nitrogens with two attached hydrogens (primary N) is 1. The van der Waals surface area contributed by atoms with Gasteiger partial charge < -0.3 is 15.5 Å². The minimum absolute atomic E-state index is 0.449. The Labute approximate surface area is 118 Å². The van der Waals surface area contributed by atoms with Gasteiger partial charge in [-0.3, -0.25) is 4.90 Å². The zero-order chi connectivity index (χ0) is 13.5. The lowest BCUT2D eigenvalue weighted by Gasteiger charge is -2.32. The van der Waals surface area contributed by atoms with Crippen LogP contribution in [0.5, 0.6) is 0 Å². The molecule has 2 aliphatic heterocycles. The van der Waals surface area contributed by atoms with Crippen LogP contribution in [0.15, 0.2) is 22.6 Å². The quantitative estimate of drug-likeness (QED) is 0.822. The van der Waals surface area contributed by atoms with Gasteiger partial charge in [0, 0.05) is 18.6 Å². The van der Waals surface area contributed by atoms with Crippen LogP contribution in [-0.4, -0.2) is 35.1 Å². The van der Waals surface area contributed by atoms with Crippen molar-refractivity contribution in [2.75, 3.05) is 24.1 Å². The molecule has 5 heteroatoms. The molecule has 5 nitrogen and oxygen atoms in total. The third kappa shape index (κ3) is 1.93. The number of hydrogen-bond donors (Lipinski definition) is 2. The molecule has 2 unspecified atom stereocenters. The van der Waals surface area contributed by atoms with Crippen LogP contribution in [-0.2, 0) is 0 Å². The summed E-state index contributed by atoms with van der Waals surface area (Å²) < 4.78 is 5.77. The first-order valence-electron chi connectivity index (χ1n) is 7.47. The van der Waals surface area contributed by atoms with Gasteiger partial charge in [-0.25, -0.2) is 0 Å². The summed E-state index contributed by atoms with van der Waals surface area (Å²) in [5.74, 6) is 0. The first kappa shape index (κ1) is 12.0. The number of aromatic nitrogens is 1. The lowest BCUT2D eigenvalue weighted by atomic mass is 9.99. The van der Waals surface area contributed by atoms with Crippen molar-refractivity contribution in [2.45, 2.75) is 37.8 Å². The monoisotopic (exact) mass is 272 g/mol. The highest BCUT2D eigenvalue weighted by atomic mass is 16.4. The third-order valence-corrected chi connectivity index (χ3v) is 4.62. The second-order valence-electron chi connectivity index (χ2n) is 5.85. The van der Waals surface area contributed by atoms with Gasteiger partial charge in [-0.1, -0.05) is 12.5 Å². The predicted octanol–water partition coefficient (Wildman–Crippen LogP) is 2.45. The van der Waals surface area contributed by atoms with Gasteiger partial charge in [-0.05, 0) is 37.9 Å². The van der Waals surface area contributed by atoms with E-state index in [4.69, 9.17) is 10.2 Å². The Kier molecular flexibility index (Phi) is 2.80. The number of nitrogens with one attached hydrogen (secondary N) is 1. The maximum atomic E-state index is 5.93. The fraction of sp³-hybridized carbons (Fsp3) is 0.533. The number of nitrogens with zero attached hydrogens (tertiary/aromatic N) is 2. The molecule has 0 radical (unpaired) electrons. The summed E-state index contributed by atoms with van der Waals surface area (Å²) in [5, 5.41) is 3.48. The van der Waals surface area contributed by atoms with E-state index in [2.05, 4.69) is 15.2 Å². The van der Waals surface area contributed by atoms with Crippen LogP contribution in [0.3, 0.4) is 0 Å². The van der Waals surface area contributed by atoms with Gasteiger partial charge >= 0.3 is 0 Å². The molecule has 2 aromatic rings. The maximum absolute atomic E-state index is 5.93. The Morgan fingerprint density at radius 3 is 3.10 bits per heavy atom. The average Bonchev–Trinajstić information content (AvgIpc) is 3.05. The summed E-state index contributed by atoms with van der Waals surface area (Å²) in [6, 6.07) is 7.35. The molecule has 3 N–H and O–H groups in total. The number of anilines is 2. The van der Waals surface area contributed by atoms with Crippen LogP contribution < -0.4 is 11.1 Å². The van der Waals surface area contributed by atoms with E-state index in [9.17, 15) is 0 Å². The van der Waals surface area contributed by atoms with Crippen molar-refractivity contribution in [1.82, 2.24) is 9.88 Å². The number of para-hydroxylation sites is 1. The fourth-order valence-corrected chi connectivity index (χ4v) is 3.61. The minimum atomic E-state index is 0.449. The van der Waals surface area contributed by atoms with E-state index in [-0.39, 0.29) is 0 Å². The van der Waals surface area contributed by atoms with Gasteiger partial charge in [0.15, 0.2) is 5.58 Å². The number of hydrogen-bond acceptors (Lipinski definition) is 5. The van der Waals surface area contributed by atoms with Crippen molar-refractivity contribution in [2.24, 2.45) is 0 Å². The highest BCUT2D eigenvalue weighted by Gasteiger charge is 2.36. The van der Waals surface area contributed by atoms with Crippen LogP contribution >= 0.6 is 0 Å². The average molecular weight is 272 g/mol. The van der Waals surface area contributed by atoms with Gasteiger partial charge in [0.05, 0.1) is 5.69 Å². The van der Waals surface area contributed by atoms with E-state index in [1.165, 1.54) is 38.8 Å². The summed E-state index contributed by atoms with van der Waals surface area (Å²) >= 11 is 0. The van der Waals surface area contributed by atoms with E-state index in [1.807, 2.05) is 18.2 Å². The van der Waals surface area contributed by atoms with Gasteiger partial charge in [-0.2, -0.15) is 4.98 Å². The van der Waals surface area contributed by atoms with Crippen LogP contribution in [0.4, 0.5) is 11.7 Å². The molecule has 106 valence electrons. The Bertz CT molecular complexity index is 623. The third-order valence-electron chi connectivity index (χ3n) is 4.62. The molecule has 0 spiro atoms.